The monoisotopic (exact) mass is 363 g/mol. The van der Waals surface area contributed by atoms with Crippen LogP contribution in [0.2, 0.25) is 5.02 Å². The highest BCUT2D eigenvalue weighted by molar-refractivity contribution is 6.32. The molecule has 0 saturated heterocycles. The smallest absolute Gasteiger partial charge is 0.180 e. The average molecular weight is 364 g/mol. The highest BCUT2D eigenvalue weighted by atomic mass is 35.5. The summed E-state index contributed by atoms with van der Waals surface area (Å²) in [6.45, 7) is 5.65. The lowest BCUT2D eigenvalue weighted by molar-refractivity contribution is 0.238. The molecule has 0 heterocycles. The summed E-state index contributed by atoms with van der Waals surface area (Å²) >= 11 is 6.44. The Kier molecular flexibility index (Phi) is 8.06. The molecule has 0 unspecified atom stereocenters. The van der Waals surface area contributed by atoms with Crippen molar-refractivity contribution in [2.24, 2.45) is 0 Å². The molecular weight excluding hydrogens is 338 g/mol. The van der Waals surface area contributed by atoms with Gasteiger partial charge in [-0.25, -0.2) is 0 Å². The third-order valence-corrected chi connectivity index (χ3v) is 4.18. The Balaban J connectivity index is 2.13. The third-order valence-electron chi connectivity index (χ3n) is 3.90. The van der Waals surface area contributed by atoms with Gasteiger partial charge in [-0.3, -0.25) is 0 Å². The summed E-state index contributed by atoms with van der Waals surface area (Å²) in [5, 5.41) is 13.1. The van der Waals surface area contributed by atoms with Crippen molar-refractivity contribution in [3.8, 4) is 11.5 Å². The van der Waals surface area contributed by atoms with Crippen molar-refractivity contribution in [3.63, 3.8) is 0 Å². The van der Waals surface area contributed by atoms with E-state index in [0.717, 1.165) is 17.5 Å². The van der Waals surface area contributed by atoms with Gasteiger partial charge < -0.3 is 19.9 Å². The summed E-state index contributed by atoms with van der Waals surface area (Å²) in [6, 6.07) is 13.8. The van der Waals surface area contributed by atoms with Gasteiger partial charge in [-0.05, 0) is 36.6 Å². The van der Waals surface area contributed by atoms with E-state index in [4.69, 9.17) is 21.1 Å². The summed E-state index contributed by atoms with van der Waals surface area (Å²) in [7, 11) is 0. The lowest BCUT2D eigenvalue weighted by Crippen LogP contribution is -2.31. The normalized spacial score (nSPS) is 12.0. The van der Waals surface area contributed by atoms with Gasteiger partial charge in [0.2, 0.25) is 0 Å². The zero-order valence-electron chi connectivity index (χ0n) is 14.8. The number of rotatable bonds is 10. The van der Waals surface area contributed by atoms with Crippen LogP contribution in [0, 0.1) is 0 Å². The molecule has 0 fully saturated rings. The molecule has 136 valence electrons. The van der Waals surface area contributed by atoms with Gasteiger partial charge in [0.15, 0.2) is 11.5 Å². The minimum Gasteiger partial charge on any atom is -0.490 e. The van der Waals surface area contributed by atoms with Crippen LogP contribution in [0.25, 0.3) is 0 Å². The molecule has 5 heteroatoms. The molecule has 1 atom stereocenters. The highest BCUT2D eigenvalue weighted by Gasteiger charge is 2.14. The van der Waals surface area contributed by atoms with Crippen LogP contribution in [0.15, 0.2) is 42.5 Å². The first-order valence-electron chi connectivity index (χ1n) is 8.64. The molecule has 2 aromatic rings. The third kappa shape index (κ3) is 5.92. The summed E-state index contributed by atoms with van der Waals surface area (Å²) < 4.78 is 11.6. The number of hydrogen-bond donors (Lipinski definition) is 2. The van der Waals surface area contributed by atoms with Crippen LogP contribution < -0.4 is 14.8 Å². The Morgan fingerprint density at radius 2 is 1.84 bits per heavy atom. The van der Waals surface area contributed by atoms with Gasteiger partial charge in [0, 0.05) is 12.6 Å². The number of nitrogens with one attached hydrogen (secondary N) is 1. The number of benzene rings is 2. The van der Waals surface area contributed by atoms with Crippen LogP contribution in [-0.4, -0.2) is 24.4 Å². The van der Waals surface area contributed by atoms with Crippen molar-refractivity contribution < 1.29 is 14.6 Å². The standard InChI is InChI=1S/C20H26ClNO3/c1-3-17(13-23)22-12-16-10-18(21)20(19(11-16)24-4-2)25-14-15-8-6-5-7-9-15/h5-11,17,22-23H,3-4,12-14H2,1-2H3/t17-/m0/s1. The fourth-order valence-corrected chi connectivity index (χ4v) is 2.74. The molecule has 25 heavy (non-hydrogen) atoms. The van der Waals surface area contributed by atoms with Gasteiger partial charge in [0.05, 0.1) is 18.2 Å². The Labute approximate surface area is 154 Å². The van der Waals surface area contributed by atoms with Gasteiger partial charge in [-0.2, -0.15) is 0 Å². The van der Waals surface area contributed by atoms with Crippen LogP contribution in [0.3, 0.4) is 0 Å². The van der Waals surface area contributed by atoms with E-state index in [-0.39, 0.29) is 12.6 Å². The maximum absolute atomic E-state index is 9.29. The average Bonchev–Trinajstić information content (AvgIpc) is 2.63. The zero-order valence-corrected chi connectivity index (χ0v) is 15.6. The van der Waals surface area contributed by atoms with E-state index in [1.807, 2.05) is 56.3 Å². The summed E-state index contributed by atoms with van der Waals surface area (Å²) in [5.74, 6) is 1.20. The molecule has 4 nitrogen and oxygen atoms in total. The number of hydrogen-bond acceptors (Lipinski definition) is 4. The van der Waals surface area contributed by atoms with Gasteiger partial charge >= 0.3 is 0 Å². The van der Waals surface area contributed by atoms with Crippen LogP contribution in [0.1, 0.15) is 31.4 Å². The van der Waals surface area contributed by atoms with E-state index in [0.29, 0.717) is 36.3 Å². The molecule has 2 rings (SSSR count). The topological polar surface area (TPSA) is 50.7 Å². The molecular formula is C20H26ClNO3. The summed E-state index contributed by atoms with van der Waals surface area (Å²) in [5.41, 5.74) is 2.06. The SMILES string of the molecule is CCOc1cc(CN[C@@H](CC)CO)cc(Cl)c1OCc1ccccc1. The van der Waals surface area contributed by atoms with Crippen molar-refractivity contribution in [2.75, 3.05) is 13.2 Å². The van der Waals surface area contributed by atoms with Crippen molar-refractivity contribution in [1.82, 2.24) is 5.32 Å². The molecule has 0 amide bonds. The van der Waals surface area contributed by atoms with Crippen molar-refractivity contribution in [2.45, 2.75) is 39.5 Å². The molecule has 0 aliphatic heterocycles. The second kappa shape index (κ2) is 10.3. The quantitative estimate of drug-likeness (QED) is 0.665. The molecule has 2 aromatic carbocycles. The summed E-state index contributed by atoms with van der Waals surface area (Å²) in [4.78, 5) is 0. The molecule has 0 spiro atoms. The minimum atomic E-state index is 0.0725. The van der Waals surface area contributed by atoms with E-state index >= 15 is 0 Å². The van der Waals surface area contributed by atoms with E-state index in [9.17, 15) is 5.11 Å². The highest BCUT2D eigenvalue weighted by Crippen LogP contribution is 2.37. The fourth-order valence-electron chi connectivity index (χ4n) is 2.46. The van der Waals surface area contributed by atoms with Crippen molar-refractivity contribution in [3.05, 3.63) is 58.6 Å². The Morgan fingerprint density at radius 1 is 1.08 bits per heavy atom. The molecule has 0 aliphatic carbocycles. The second-order valence-electron chi connectivity index (χ2n) is 5.78. The van der Waals surface area contributed by atoms with Gasteiger partial charge in [-0.15, -0.1) is 0 Å². The lowest BCUT2D eigenvalue weighted by atomic mass is 10.1. The first kappa shape index (κ1) is 19.6. The Morgan fingerprint density at radius 3 is 2.48 bits per heavy atom. The molecule has 2 N–H and O–H groups in total. The van der Waals surface area contributed by atoms with Crippen LogP contribution in [0.4, 0.5) is 0 Å². The van der Waals surface area contributed by atoms with Gasteiger partial charge in [0.1, 0.15) is 6.61 Å². The number of aliphatic hydroxyl groups is 1. The fraction of sp³-hybridized carbons (Fsp3) is 0.400. The summed E-state index contributed by atoms with van der Waals surface area (Å²) in [6.07, 6.45) is 0.862. The van der Waals surface area contributed by atoms with Crippen molar-refractivity contribution in [1.29, 1.82) is 0 Å². The van der Waals surface area contributed by atoms with E-state index < -0.39 is 0 Å². The van der Waals surface area contributed by atoms with E-state index in [1.54, 1.807) is 0 Å². The van der Waals surface area contributed by atoms with Crippen LogP contribution in [0.5, 0.6) is 11.5 Å². The van der Waals surface area contributed by atoms with Crippen LogP contribution in [-0.2, 0) is 13.2 Å². The zero-order chi connectivity index (χ0) is 18.1. The van der Waals surface area contributed by atoms with Gasteiger partial charge in [0.25, 0.3) is 0 Å². The predicted molar refractivity (Wildman–Crippen MR) is 101 cm³/mol. The Hall–Kier alpha value is -1.75. The minimum absolute atomic E-state index is 0.0725. The molecule has 0 aliphatic rings. The lowest BCUT2D eigenvalue weighted by Gasteiger charge is -2.17. The first-order chi connectivity index (χ1) is 12.2. The maximum Gasteiger partial charge on any atom is 0.180 e. The molecule has 0 saturated carbocycles. The molecule has 0 bridgehead atoms. The number of halogens is 1. The second-order valence-corrected chi connectivity index (χ2v) is 6.19. The number of ether oxygens (including phenoxy) is 2. The largest absolute Gasteiger partial charge is 0.490 e. The molecule has 0 aromatic heterocycles. The predicted octanol–water partition coefficient (Wildman–Crippen LogP) is 4.18. The first-order valence-corrected chi connectivity index (χ1v) is 9.01. The maximum atomic E-state index is 9.29. The van der Waals surface area contributed by atoms with E-state index in [1.165, 1.54) is 0 Å². The molecule has 0 radical (unpaired) electrons. The number of aliphatic hydroxyl groups excluding tert-OH is 1. The van der Waals surface area contributed by atoms with Crippen LogP contribution >= 0.6 is 11.6 Å². The Bertz CT molecular complexity index is 645. The van der Waals surface area contributed by atoms with E-state index in [2.05, 4.69) is 5.32 Å². The van der Waals surface area contributed by atoms with Crippen molar-refractivity contribution >= 4 is 11.6 Å². The van der Waals surface area contributed by atoms with Gasteiger partial charge in [-0.1, -0.05) is 48.9 Å².